The molecule has 1 aromatic carbocycles. The van der Waals surface area contributed by atoms with Crippen molar-refractivity contribution in [1.29, 1.82) is 0 Å². The number of nitrogens with zero attached hydrogens (tertiary/aromatic N) is 3. The van der Waals surface area contributed by atoms with E-state index in [0.717, 1.165) is 11.3 Å². The number of hydrogen-bond donors (Lipinski definition) is 0. The van der Waals surface area contributed by atoms with Crippen molar-refractivity contribution in [3.63, 3.8) is 0 Å². The number of rotatable bonds is 4. The van der Waals surface area contributed by atoms with Gasteiger partial charge in [-0.15, -0.1) is 0 Å². The number of carbonyl (C=O) groups is 2. The molecule has 2 heterocycles. The second kappa shape index (κ2) is 7.19. The van der Waals surface area contributed by atoms with E-state index in [1.54, 1.807) is 4.90 Å². The zero-order valence-corrected chi connectivity index (χ0v) is 15.8. The zero-order valence-electron chi connectivity index (χ0n) is 15.0. The number of para-hydroxylation sites is 1. The third-order valence-corrected chi connectivity index (χ3v) is 6.58. The molecule has 0 N–H and O–H groups in total. The van der Waals surface area contributed by atoms with Gasteiger partial charge in [0.05, 0.1) is 17.5 Å². The molecule has 2 aliphatic heterocycles. The molecule has 0 aromatic heterocycles. The SMILES string of the molecule is CCN(C(=O)C1=NN(C2CCS(=O)(=O)C2)C(=O)CC1)c1ccccc1C. The first-order valence-corrected chi connectivity index (χ1v) is 10.6. The molecule has 2 aliphatic rings. The van der Waals surface area contributed by atoms with Crippen molar-refractivity contribution in [2.75, 3.05) is 23.0 Å². The first kappa shape index (κ1) is 18.6. The number of carbonyl (C=O) groups excluding carboxylic acids is 2. The van der Waals surface area contributed by atoms with Crippen LogP contribution in [0, 0.1) is 6.92 Å². The summed E-state index contributed by atoms with van der Waals surface area (Å²) in [6.45, 7) is 4.31. The molecule has 7 nitrogen and oxygen atoms in total. The molecule has 1 aromatic rings. The van der Waals surface area contributed by atoms with Crippen molar-refractivity contribution in [2.24, 2.45) is 5.10 Å². The molecule has 0 radical (unpaired) electrons. The Morgan fingerprint density at radius 1 is 1.31 bits per heavy atom. The molecule has 8 heteroatoms. The van der Waals surface area contributed by atoms with Gasteiger partial charge in [-0.25, -0.2) is 13.4 Å². The van der Waals surface area contributed by atoms with Crippen LogP contribution in [0.2, 0.25) is 0 Å². The van der Waals surface area contributed by atoms with E-state index in [9.17, 15) is 18.0 Å². The van der Waals surface area contributed by atoms with Gasteiger partial charge >= 0.3 is 0 Å². The fourth-order valence-corrected chi connectivity index (χ4v) is 5.12. The standard InChI is InChI=1S/C18H23N3O4S/c1-3-20(16-7-5-4-6-13(16)2)18(23)15-8-9-17(22)21(19-15)14-10-11-26(24,25)12-14/h4-7,14H,3,8-12H2,1-2H3. The summed E-state index contributed by atoms with van der Waals surface area (Å²) in [5.41, 5.74) is 2.10. The van der Waals surface area contributed by atoms with Gasteiger partial charge in [-0.2, -0.15) is 5.10 Å². The molecule has 0 spiro atoms. The molecule has 0 aliphatic carbocycles. The van der Waals surface area contributed by atoms with Gasteiger partial charge in [-0.05, 0) is 31.9 Å². The highest BCUT2D eigenvalue weighted by molar-refractivity contribution is 7.91. The summed E-state index contributed by atoms with van der Waals surface area (Å²) >= 11 is 0. The maximum absolute atomic E-state index is 13.0. The number of anilines is 1. The lowest BCUT2D eigenvalue weighted by molar-refractivity contribution is -0.133. The number of hydrogen-bond acceptors (Lipinski definition) is 5. The van der Waals surface area contributed by atoms with E-state index in [-0.39, 0.29) is 36.2 Å². The van der Waals surface area contributed by atoms with E-state index in [2.05, 4.69) is 5.10 Å². The van der Waals surface area contributed by atoms with E-state index in [0.29, 0.717) is 18.7 Å². The van der Waals surface area contributed by atoms with Crippen molar-refractivity contribution >= 4 is 33.1 Å². The number of hydrazone groups is 1. The minimum absolute atomic E-state index is 0.0601. The summed E-state index contributed by atoms with van der Waals surface area (Å²) in [7, 11) is -3.13. The van der Waals surface area contributed by atoms with E-state index < -0.39 is 15.9 Å². The number of sulfone groups is 1. The van der Waals surface area contributed by atoms with Crippen LogP contribution in [0.4, 0.5) is 5.69 Å². The Balaban J connectivity index is 1.87. The molecule has 1 fully saturated rings. The van der Waals surface area contributed by atoms with Crippen LogP contribution in [0.25, 0.3) is 0 Å². The Labute approximate surface area is 153 Å². The summed E-state index contributed by atoms with van der Waals surface area (Å²) in [5, 5.41) is 5.51. The van der Waals surface area contributed by atoms with Crippen molar-refractivity contribution < 1.29 is 18.0 Å². The van der Waals surface area contributed by atoms with E-state index in [1.807, 2.05) is 38.1 Å². The zero-order chi connectivity index (χ0) is 18.9. The van der Waals surface area contributed by atoms with Gasteiger partial charge in [0.15, 0.2) is 9.84 Å². The quantitative estimate of drug-likeness (QED) is 0.796. The molecule has 140 valence electrons. The second-order valence-electron chi connectivity index (χ2n) is 6.68. The molecule has 0 bridgehead atoms. The molecular formula is C18H23N3O4S. The third-order valence-electron chi connectivity index (χ3n) is 4.83. The normalized spacial score (nSPS) is 22.2. The smallest absolute Gasteiger partial charge is 0.274 e. The van der Waals surface area contributed by atoms with Crippen LogP contribution in [-0.4, -0.2) is 55.0 Å². The highest BCUT2D eigenvalue weighted by Gasteiger charge is 2.37. The van der Waals surface area contributed by atoms with Crippen LogP contribution >= 0.6 is 0 Å². The Hall–Kier alpha value is -2.22. The van der Waals surface area contributed by atoms with Gasteiger partial charge < -0.3 is 4.90 Å². The largest absolute Gasteiger partial charge is 0.307 e. The van der Waals surface area contributed by atoms with Crippen molar-refractivity contribution in [3.05, 3.63) is 29.8 Å². The molecule has 2 amide bonds. The predicted molar refractivity (Wildman–Crippen MR) is 99.8 cm³/mol. The highest BCUT2D eigenvalue weighted by atomic mass is 32.2. The molecule has 3 rings (SSSR count). The van der Waals surface area contributed by atoms with Crippen LogP contribution in [0.5, 0.6) is 0 Å². The summed E-state index contributed by atoms with van der Waals surface area (Å²) in [5.74, 6) is -0.480. The predicted octanol–water partition coefficient (Wildman–Crippen LogP) is 1.51. The topological polar surface area (TPSA) is 87.1 Å². The number of aryl methyl sites for hydroxylation is 1. The molecular weight excluding hydrogens is 354 g/mol. The van der Waals surface area contributed by atoms with Crippen LogP contribution in [0.15, 0.2) is 29.4 Å². The minimum atomic E-state index is -3.13. The lowest BCUT2D eigenvalue weighted by Crippen LogP contribution is -2.45. The molecule has 0 saturated carbocycles. The van der Waals surface area contributed by atoms with Crippen LogP contribution in [0.1, 0.15) is 31.7 Å². The fourth-order valence-electron chi connectivity index (χ4n) is 3.42. The van der Waals surface area contributed by atoms with Crippen LogP contribution < -0.4 is 4.90 Å². The Kier molecular flexibility index (Phi) is 5.13. The van der Waals surface area contributed by atoms with Crippen molar-refractivity contribution in [1.82, 2.24) is 5.01 Å². The Morgan fingerprint density at radius 3 is 2.65 bits per heavy atom. The summed E-state index contributed by atoms with van der Waals surface area (Å²) < 4.78 is 23.4. The van der Waals surface area contributed by atoms with Gasteiger partial charge in [-0.1, -0.05) is 18.2 Å². The maximum atomic E-state index is 13.0. The minimum Gasteiger partial charge on any atom is -0.307 e. The van der Waals surface area contributed by atoms with Gasteiger partial charge in [0.2, 0.25) is 5.91 Å². The first-order chi connectivity index (χ1) is 12.3. The summed E-state index contributed by atoms with van der Waals surface area (Å²) in [4.78, 5) is 26.9. The van der Waals surface area contributed by atoms with Crippen LogP contribution in [0.3, 0.4) is 0 Å². The van der Waals surface area contributed by atoms with Gasteiger partial charge in [0.1, 0.15) is 5.71 Å². The Bertz CT molecular complexity index is 863. The van der Waals surface area contributed by atoms with E-state index in [1.165, 1.54) is 5.01 Å². The average molecular weight is 377 g/mol. The molecule has 1 saturated heterocycles. The van der Waals surface area contributed by atoms with E-state index in [4.69, 9.17) is 0 Å². The molecule has 1 unspecified atom stereocenters. The lowest BCUT2D eigenvalue weighted by atomic mass is 10.1. The molecule has 26 heavy (non-hydrogen) atoms. The maximum Gasteiger partial charge on any atom is 0.274 e. The van der Waals surface area contributed by atoms with Gasteiger partial charge in [-0.3, -0.25) is 9.59 Å². The van der Waals surface area contributed by atoms with Crippen molar-refractivity contribution in [2.45, 2.75) is 39.2 Å². The fraction of sp³-hybridized carbons (Fsp3) is 0.500. The lowest BCUT2D eigenvalue weighted by Gasteiger charge is -2.30. The van der Waals surface area contributed by atoms with Gasteiger partial charge in [0.25, 0.3) is 5.91 Å². The van der Waals surface area contributed by atoms with Gasteiger partial charge in [0, 0.05) is 25.1 Å². The monoisotopic (exact) mass is 377 g/mol. The highest BCUT2D eigenvalue weighted by Crippen LogP contribution is 2.24. The number of benzene rings is 1. The van der Waals surface area contributed by atoms with Crippen molar-refractivity contribution in [3.8, 4) is 0 Å². The molecule has 1 atom stereocenters. The second-order valence-corrected chi connectivity index (χ2v) is 8.91. The van der Waals surface area contributed by atoms with E-state index >= 15 is 0 Å². The average Bonchev–Trinajstić information content (AvgIpc) is 2.97. The number of amides is 2. The summed E-state index contributed by atoms with van der Waals surface area (Å²) in [6, 6.07) is 7.14. The third kappa shape index (κ3) is 3.65. The first-order valence-electron chi connectivity index (χ1n) is 8.80. The Morgan fingerprint density at radius 2 is 2.04 bits per heavy atom. The van der Waals surface area contributed by atoms with Crippen LogP contribution in [-0.2, 0) is 19.4 Å². The summed E-state index contributed by atoms with van der Waals surface area (Å²) in [6.07, 6.45) is 0.816.